The first kappa shape index (κ1) is 14.9. The van der Waals surface area contributed by atoms with Gasteiger partial charge in [0.1, 0.15) is 12.4 Å². The van der Waals surface area contributed by atoms with Crippen LogP contribution in [0.15, 0.2) is 18.3 Å². The number of hydrogen-bond acceptors (Lipinski definition) is 5. The fourth-order valence-electron chi connectivity index (χ4n) is 1.53. The van der Waals surface area contributed by atoms with Crippen molar-refractivity contribution in [1.29, 1.82) is 0 Å². The molecule has 0 radical (unpaired) electrons. The van der Waals surface area contributed by atoms with Crippen LogP contribution in [0.5, 0.6) is 0 Å². The van der Waals surface area contributed by atoms with Crippen molar-refractivity contribution in [2.75, 3.05) is 39.2 Å². The molecule has 0 bridgehead atoms. The minimum absolute atomic E-state index is 0.0501. The zero-order valence-electron chi connectivity index (χ0n) is 11.7. The predicted molar refractivity (Wildman–Crippen MR) is 72.2 cm³/mol. The van der Waals surface area contributed by atoms with Gasteiger partial charge in [-0.05, 0) is 19.1 Å². The summed E-state index contributed by atoms with van der Waals surface area (Å²) in [5.74, 6) is 0.0514. The third-order valence-corrected chi connectivity index (χ3v) is 2.67. The fraction of sp³-hybridized carbons (Fsp3) is 0.462. The molecular formula is C13H19N3O3. The molecule has 0 saturated carbocycles. The van der Waals surface area contributed by atoms with Gasteiger partial charge in [-0.25, -0.2) is 4.98 Å². The van der Waals surface area contributed by atoms with E-state index in [0.29, 0.717) is 17.9 Å². The molecule has 0 spiro atoms. The van der Waals surface area contributed by atoms with Gasteiger partial charge in [-0.2, -0.15) is 0 Å². The standard InChI is InChI=1S/C13H19N3O3/c1-5-16(9-12(17)19-4)13(18)10-6-7-14-11(8-10)15(2)3/h6-8H,5,9H2,1-4H3. The van der Waals surface area contributed by atoms with Crippen molar-refractivity contribution in [2.45, 2.75) is 6.92 Å². The number of anilines is 1. The van der Waals surface area contributed by atoms with Gasteiger partial charge in [0.25, 0.3) is 5.91 Å². The maximum absolute atomic E-state index is 12.3. The molecule has 0 unspecified atom stereocenters. The molecule has 0 aliphatic carbocycles. The Labute approximate surface area is 113 Å². The van der Waals surface area contributed by atoms with E-state index in [9.17, 15) is 9.59 Å². The van der Waals surface area contributed by atoms with Crippen molar-refractivity contribution in [3.63, 3.8) is 0 Å². The molecule has 6 heteroatoms. The maximum atomic E-state index is 12.3. The maximum Gasteiger partial charge on any atom is 0.325 e. The lowest BCUT2D eigenvalue weighted by Gasteiger charge is -2.20. The second-order valence-electron chi connectivity index (χ2n) is 4.19. The Morgan fingerprint density at radius 1 is 1.37 bits per heavy atom. The molecular weight excluding hydrogens is 246 g/mol. The SMILES string of the molecule is CCN(CC(=O)OC)C(=O)c1ccnc(N(C)C)c1. The molecule has 104 valence electrons. The highest BCUT2D eigenvalue weighted by Gasteiger charge is 2.18. The van der Waals surface area contributed by atoms with E-state index in [2.05, 4.69) is 9.72 Å². The third kappa shape index (κ3) is 3.94. The van der Waals surface area contributed by atoms with Crippen LogP contribution in [0.1, 0.15) is 17.3 Å². The fourth-order valence-corrected chi connectivity index (χ4v) is 1.53. The summed E-state index contributed by atoms with van der Waals surface area (Å²) in [6.07, 6.45) is 1.58. The molecule has 19 heavy (non-hydrogen) atoms. The highest BCUT2D eigenvalue weighted by atomic mass is 16.5. The molecule has 1 aromatic rings. The van der Waals surface area contributed by atoms with E-state index < -0.39 is 5.97 Å². The first-order chi connectivity index (χ1) is 8.99. The molecule has 0 aliphatic heterocycles. The van der Waals surface area contributed by atoms with Crippen LogP contribution in [0.3, 0.4) is 0 Å². The van der Waals surface area contributed by atoms with Crippen LogP contribution in [0.4, 0.5) is 5.82 Å². The van der Waals surface area contributed by atoms with Gasteiger partial charge in [0.15, 0.2) is 0 Å². The number of pyridine rings is 1. The Morgan fingerprint density at radius 2 is 2.05 bits per heavy atom. The summed E-state index contributed by atoms with van der Waals surface area (Å²) in [4.78, 5) is 30.9. The number of aromatic nitrogens is 1. The van der Waals surface area contributed by atoms with E-state index >= 15 is 0 Å². The Balaban J connectivity index is 2.91. The topological polar surface area (TPSA) is 62.7 Å². The van der Waals surface area contributed by atoms with Gasteiger partial charge in [0, 0.05) is 32.4 Å². The highest BCUT2D eigenvalue weighted by molar-refractivity contribution is 5.96. The first-order valence-corrected chi connectivity index (χ1v) is 5.99. The molecule has 0 fully saturated rings. The predicted octanol–water partition coefficient (Wildman–Crippen LogP) is 0.783. The van der Waals surface area contributed by atoms with E-state index in [-0.39, 0.29) is 12.5 Å². The van der Waals surface area contributed by atoms with E-state index in [1.807, 2.05) is 25.9 Å². The molecule has 0 aromatic carbocycles. The summed E-state index contributed by atoms with van der Waals surface area (Å²) in [6, 6.07) is 3.33. The Bertz CT molecular complexity index is 460. The van der Waals surface area contributed by atoms with Crippen molar-refractivity contribution < 1.29 is 14.3 Å². The smallest absolute Gasteiger partial charge is 0.325 e. The number of ether oxygens (including phenoxy) is 1. The van der Waals surface area contributed by atoms with Crippen molar-refractivity contribution >= 4 is 17.7 Å². The van der Waals surface area contributed by atoms with Gasteiger partial charge in [-0.3, -0.25) is 9.59 Å². The van der Waals surface area contributed by atoms with Gasteiger partial charge < -0.3 is 14.5 Å². The minimum atomic E-state index is -0.433. The number of esters is 1. The summed E-state index contributed by atoms with van der Waals surface area (Å²) >= 11 is 0. The van der Waals surface area contributed by atoms with Crippen molar-refractivity contribution in [2.24, 2.45) is 0 Å². The van der Waals surface area contributed by atoms with Crippen molar-refractivity contribution in [3.8, 4) is 0 Å². The zero-order valence-corrected chi connectivity index (χ0v) is 11.7. The molecule has 1 rings (SSSR count). The molecule has 0 aliphatic rings. The van der Waals surface area contributed by atoms with Gasteiger partial charge in [0.05, 0.1) is 7.11 Å². The molecule has 0 saturated heterocycles. The molecule has 1 amide bonds. The Morgan fingerprint density at radius 3 is 2.58 bits per heavy atom. The lowest BCUT2D eigenvalue weighted by molar-refractivity contribution is -0.141. The molecule has 1 aromatic heterocycles. The summed E-state index contributed by atoms with van der Waals surface area (Å²) in [5, 5.41) is 0. The molecule has 6 nitrogen and oxygen atoms in total. The van der Waals surface area contributed by atoms with Crippen LogP contribution in [0.2, 0.25) is 0 Å². The number of methoxy groups -OCH3 is 1. The third-order valence-electron chi connectivity index (χ3n) is 2.67. The normalized spacial score (nSPS) is 9.89. The van der Waals surface area contributed by atoms with Crippen LogP contribution in [-0.4, -0.2) is 56.1 Å². The van der Waals surface area contributed by atoms with Gasteiger partial charge >= 0.3 is 5.97 Å². The zero-order chi connectivity index (χ0) is 14.4. The number of carbonyl (C=O) groups is 2. The van der Waals surface area contributed by atoms with Gasteiger partial charge in [-0.1, -0.05) is 0 Å². The highest BCUT2D eigenvalue weighted by Crippen LogP contribution is 2.12. The lowest BCUT2D eigenvalue weighted by atomic mass is 10.2. The summed E-state index contributed by atoms with van der Waals surface area (Å²) in [7, 11) is 5.00. The Hall–Kier alpha value is -2.11. The van der Waals surface area contributed by atoms with E-state index in [1.165, 1.54) is 12.0 Å². The number of nitrogens with zero attached hydrogens (tertiary/aromatic N) is 3. The number of carbonyl (C=O) groups excluding carboxylic acids is 2. The van der Waals surface area contributed by atoms with Crippen LogP contribution in [-0.2, 0) is 9.53 Å². The summed E-state index contributed by atoms with van der Waals surface area (Å²) in [6.45, 7) is 2.20. The second kappa shape index (κ2) is 6.72. The van der Waals surface area contributed by atoms with Crippen molar-refractivity contribution in [1.82, 2.24) is 9.88 Å². The summed E-state index contributed by atoms with van der Waals surface area (Å²) < 4.78 is 4.58. The lowest BCUT2D eigenvalue weighted by Crippen LogP contribution is -2.36. The average Bonchev–Trinajstić information content (AvgIpc) is 2.43. The largest absolute Gasteiger partial charge is 0.468 e. The Kier molecular flexibility index (Phi) is 5.29. The number of rotatable bonds is 5. The number of amides is 1. The van der Waals surface area contributed by atoms with Gasteiger partial charge in [-0.15, -0.1) is 0 Å². The first-order valence-electron chi connectivity index (χ1n) is 5.99. The van der Waals surface area contributed by atoms with E-state index in [1.54, 1.807) is 18.3 Å². The second-order valence-corrected chi connectivity index (χ2v) is 4.19. The van der Waals surface area contributed by atoms with Crippen LogP contribution < -0.4 is 4.90 Å². The van der Waals surface area contributed by atoms with Gasteiger partial charge in [0.2, 0.25) is 0 Å². The van der Waals surface area contributed by atoms with Crippen LogP contribution in [0, 0.1) is 0 Å². The number of hydrogen-bond donors (Lipinski definition) is 0. The summed E-state index contributed by atoms with van der Waals surface area (Å²) in [5.41, 5.74) is 0.504. The van der Waals surface area contributed by atoms with Crippen molar-refractivity contribution in [3.05, 3.63) is 23.9 Å². The molecule has 1 heterocycles. The van der Waals surface area contributed by atoms with Crippen LogP contribution >= 0.6 is 0 Å². The quantitative estimate of drug-likeness (QED) is 0.736. The minimum Gasteiger partial charge on any atom is -0.468 e. The monoisotopic (exact) mass is 265 g/mol. The average molecular weight is 265 g/mol. The van der Waals surface area contributed by atoms with Crippen LogP contribution in [0.25, 0.3) is 0 Å². The van der Waals surface area contributed by atoms with E-state index in [0.717, 1.165) is 0 Å². The molecule has 0 atom stereocenters. The van der Waals surface area contributed by atoms with E-state index in [4.69, 9.17) is 0 Å². The molecule has 0 N–H and O–H groups in total. The number of likely N-dealkylation sites (N-methyl/N-ethyl adjacent to an activating group) is 1.